The molecule has 0 heterocycles. The SMILES string of the molecule is Cc1ccc(Br)cc1NC(=O)Cc1cccc(F)c1. The average Bonchev–Trinajstić information content (AvgIpc) is 2.34. The monoisotopic (exact) mass is 321 g/mol. The predicted molar refractivity (Wildman–Crippen MR) is 77.6 cm³/mol. The molecule has 0 aliphatic carbocycles. The van der Waals surface area contributed by atoms with Crippen LogP contribution >= 0.6 is 15.9 Å². The quantitative estimate of drug-likeness (QED) is 0.906. The molecule has 4 heteroatoms. The van der Waals surface area contributed by atoms with Crippen LogP contribution in [-0.4, -0.2) is 5.91 Å². The zero-order valence-electron chi connectivity index (χ0n) is 10.4. The highest BCUT2D eigenvalue weighted by Crippen LogP contribution is 2.20. The molecule has 0 fully saturated rings. The maximum atomic E-state index is 13.0. The molecule has 0 aliphatic heterocycles. The van der Waals surface area contributed by atoms with E-state index in [-0.39, 0.29) is 18.1 Å². The van der Waals surface area contributed by atoms with Crippen molar-refractivity contribution < 1.29 is 9.18 Å². The van der Waals surface area contributed by atoms with E-state index in [2.05, 4.69) is 21.2 Å². The first-order chi connectivity index (χ1) is 9.04. The van der Waals surface area contributed by atoms with Crippen LogP contribution in [0.5, 0.6) is 0 Å². The number of aryl methyl sites for hydroxylation is 1. The van der Waals surface area contributed by atoms with Gasteiger partial charge in [0.2, 0.25) is 5.91 Å². The van der Waals surface area contributed by atoms with E-state index in [9.17, 15) is 9.18 Å². The number of benzene rings is 2. The first kappa shape index (κ1) is 13.7. The molecule has 2 aromatic carbocycles. The normalized spacial score (nSPS) is 10.3. The highest BCUT2D eigenvalue weighted by atomic mass is 79.9. The Bertz CT molecular complexity index is 613. The lowest BCUT2D eigenvalue weighted by atomic mass is 10.1. The molecular formula is C15H13BrFNO. The molecule has 0 radical (unpaired) electrons. The highest BCUT2D eigenvalue weighted by Gasteiger charge is 2.07. The molecule has 0 saturated heterocycles. The third-order valence-corrected chi connectivity index (χ3v) is 3.22. The van der Waals surface area contributed by atoms with Crippen LogP contribution in [0.15, 0.2) is 46.9 Å². The Hall–Kier alpha value is -1.68. The Morgan fingerprint density at radius 2 is 2.05 bits per heavy atom. The first-order valence-corrected chi connectivity index (χ1v) is 6.64. The average molecular weight is 322 g/mol. The van der Waals surface area contributed by atoms with Crippen molar-refractivity contribution in [3.05, 3.63) is 63.9 Å². The van der Waals surface area contributed by atoms with Crippen LogP contribution in [0, 0.1) is 12.7 Å². The smallest absolute Gasteiger partial charge is 0.228 e. The van der Waals surface area contributed by atoms with E-state index in [0.29, 0.717) is 5.56 Å². The van der Waals surface area contributed by atoms with Crippen molar-refractivity contribution >= 4 is 27.5 Å². The van der Waals surface area contributed by atoms with Crippen molar-refractivity contribution in [1.29, 1.82) is 0 Å². The van der Waals surface area contributed by atoms with Crippen LogP contribution in [0.25, 0.3) is 0 Å². The minimum absolute atomic E-state index is 0.156. The molecule has 0 aromatic heterocycles. The number of hydrogen-bond donors (Lipinski definition) is 1. The van der Waals surface area contributed by atoms with E-state index in [1.165, 1.54) is 12.1 Å². The maximum Gasteiger partial charge on any atom is 0.228 e. The molecular weight excluding hydrogens is 309 g/mol. The topological polar surface area (TPSA) is 29.1 Å². The summed E-state index contributed by atoms with van der Waals surface area (Å²) in [5.74, 6) is -0.490. The standard InChI is InChI=1S/C15H13BrFNO/c1-10-5-6-12(16)9-14(10)18-15(19)8-11-3-2-4-13(17)7-11/h2-7,9H,8H2,1H3,(H,18,19). The van der Waals surface area contributed by atoms with Crippen molar-refractivity contribution in [2.24, 2.45) is 0 Å². The van der Waals surface area contributed by atoms with E-state index >= 15 is 0 Å². The van der Waals surface area contributed by atoms with Crippen LogP contribution in [0.2, 0.25) is 0 Å². The van der Waals surface area contributed by atoms with Crippen molar-refractivity contribution in [3.63, 3.8) is 0 Å². The van der Waals surface area contributed by atoms with E-state index in [1.54, 1.807) is 12.1 Å². The van der Waals surface area contributed by atoms with E-state index in [1.807, 2.05) is 25.1 Å². The highest BCUT2D eigenvalue weighted by molar-refractivity contribution is 9.10. The van der Waals surface area contributed by atoms with Crippen LogP contribution in [-0.2, 0) is 11.2 Å². The van der Waals surface area contributed by atoms with Gasteiger partial charge in [0, 0.05) is 10.2 Å². The molecule has 0 bridgehead atoms. The van der Waals surface area contributed by atoms with Crippen molar-refractivity contribution in [2.45, 2.75) is 13.3 Å². The van der Waals surface area contributed by atoms with Gasteiger partial charge < -0.3 is 5.32 Å². The van der Waals surface area contributed by atoms with Gasteiger partial charge in [0.05, 0.1) is 6.42 Å². The summed E-state index contributed by atoms with van der Waals surface area (Å²) in [5, 5.41) is 2.83. The maximum absolute atomic E-state index is 13.0. The molecule has 0 unspecified atom stereocenters. The molecule has 0 spiro atoms. The number of rotatable bonds is 3. The lowest BCUT2D eigenvalue weighted by molar-refractivity contribution is -0.115. The van der Waals surface area contributed by atoms with Crippen molar-refractivity contribution in [2.75, 3.05) is 5.32 Å². The second kappa shape index (κ2) is 5.97. The van der Waals surface area contributed by atoms with Gasteiger partial charge in [-0.2, -0.15) is 0 Å². The van der Waals surface area contributed by atoms with Crippen molar-refractivity contribution in [1.82, 2.24) is 0 Å². The number of hydrogen-bond acceptors (Lipinski definition) is 1. The van der Waals surface area contributed by atoms with Gasteiger partial charge in [-0.1, -0.05) is 34.1 Å². The summed E-state index contributed by atoms with van der Waals surface area (Å²) in [5.41, 5.74) is 2.40. The lowest BCUT2D eigenvalue weighted by Gasteiger charge is -2.09. The van der Waals surface area contributed by atoms with Crippen molar-refractivity contribution in [3.8, 4) is 0 Å². The van der Waals surface area contributed by atoms with E-state index in [4.69, 9.17) is 0 Å². The Balaban J connectivity index is 2.07. The van der Waals surface area contributed by atoms with E-state index < -0.39 is 0 Å². The summed E-state index contributed by atoms with van der Waals surface area (Å²) in [4.78, 5) is 11.9. The third kappa shape index (κ3) is 3.89. The molecule has 2 nitrogen and oxygen atoms in total. The summed E-state index contributed by atoms with van der Waals surface area (Å²) < 4.78 is 13.9. The minimum atomic E-state index is -0.330. The van der Waals surface area contributed by atoms with Gasteiger partial charge in [-0.3, -0.25) is 4.79 Å². The predicted octanol–water partition coefficient (Wildman–Crippen LogP) is 4.08. The number of carbonyl (C=O) groups excluding carboxylic acids is 1. The fourth-order valence-corrected chi connectivity index (χ4v) is 2.12. The number of carbonyl (C=O) groups is 1. The number of nitrogens with one attached hydrogen (secondary N) is 1. The van der Waals surface area contributed by atoms with Crippen LogP contribution in [0.4, 0.5) is 10.1 Å². The van der Waals surface area contributed by atoms with Crippen LogP contribution in [0.3, 0.4) is 0 Å². The molecule has 0 aliphatic rings. The second-order valence-corrected chi connectivity index (χ2v) is 5.23. The van der Waals surface area contributed by atoms with Gasteiger partial charge in [-0.15, -0.1) is 0 Å². The molecule has 19 heavy (non-hydrogen) atoms. The zero-order valence-corrected chi connectivity index (χ0v) is 12.0. The largest absolute Gasteiger partial charge is 0.326 e. The summed E-state index contributed by atoms with van der Waals surface area (Å²) >= 11 is 3.36. The first-order valence-electron chi connectivity index (χ1n) is 5.85. The number of anilines is 1. The van der Waals surface area contributed by atoms with Gasteiger partial charge in [-0.05, 0) is 42.3 Å². The van der Waals surface area contributed by atoms with Crippen LogP contribution in [0.1, 0.15) is 11.1 Å². The number of amides is 1. The molecule has 2 rings (SSSR count). The minimum Gasteiger partial charge on any atom is -0.326 e. The summed E-state index contributed by atoms with van der Waals surface area (Å²) in [6, 6.07) is 11.7. The third-order valence-electron chi connectivity index (χ3n) is 2.73. The Morgan fingerprint density at radius 1 is 1.26 bits per heavy atom. The molecule has 98 valence electrons. The summed E-state index contributed by atoms with van der Waals surface area (Å²) in [6.45, 7) is 1.92. The summed E-state index contributed by atoms with van der Waals surface area (Å²) in [7, 11) is 0. The fraction of sp³-hybridized carbons (Fsp3) is 0.133. The molecule has 1 amide bonds. The lowest BCUT2D eigenvalue weighted by Crippen LogP contribution is -2.15. The Labute approximate surface area is 119 Å². The Kier molecular flexibility index (Phi) is 4.32. The Morgan fingerprint density at radius 3 is 2.79 bits per heavy atom. The molecule has 1 N–H and O–H groups in total. The molecule has 0 saturated carbocycles. The second-order valence-electron chi connectivity index (χ2n) is 4.31. The zero-order chi connectivity index (χ0) is 13.8. The van der Waals surface area contributed by atoms with Gasteiger partial charge in [-0.25, -0.2) is 4.39 Å². The van der Waals surface area contributed by atoms with Gasteiger partial charge in [0.1, 0.15) is 5.82 Å². The van der Waals surface area contributed by atoms with E-state index in [0.717, 1.165) is 15.7 Å². The molecule has 0 atom stereocenters. The fourth-order valence-electron chi connectivity index (χ4n) is 1.76. The number of halogens is 2. The van der Waals surface area contributed by atoms with Gasteiger partial charge in [0.25, 0.3) is 0 Å². The molecule has 2 aromatic rings. The summed E-state index contributed by atoms with van der Waals surface area (Å²) in [6.07, 6.45) is 0.156. The van der Waals surface area contributed by atoms with Gasteiger partial charge in [0.15, 0.2) is 0 Å². The van der Waals surface area contributed by atoms with Crippen LogP contribution < -0.4 is 5.32 Å². The van der Waals surface area contributed by atoms with Gasteiger partial charge >= 0.3 is 0 Å².